The number of hydrogen-bond donors (Lipinski definition) is 5. The molecule has 14 rings (SSSR count). The number of nitrogens with one attached hydrogen (secondary N) is 2. The van der Waals surface area contributed by atoms with Gasteiger partial charge in [0.15, 0.2) is 11.3 Å². The lowest BCUT2D eigenvalue weighted by molar-refractivity contribution is 0.482. The summed E-state index contributed by atoms with van der Waals surface area (Å²) in [5.41, 5.74) is 33.7. The van der Waals surface area contributed by atoms with Gasteiger partial charge in [-0.15, -0.1) is 0 Å². The Morgan fingerprint density at radius 3 is 1.10 bits per heavy atom. The maximum Gasteiger partial charge on any atom is 0.184 e. The van der Waals surface area contributed by atoms with E-state index >= 15 is 0 Å². The van der Waals surface area contributed by atoms with Crippen molar-refractivity contribution in [1.29, 1.82) is 5.26 Å². The Labute approximate surface area is 518 Å². The maximum atomic E-state index is 9.62. The van der Waals surface area contributed by atoms with Crippen molar-refractivity contribution in [1.82, 2.24) is 35.3 Å². The molecule has 5 aromatic heterocycles. The summed E-state index contributed by atoms with van der Waals surface area (Å²) in [6.45, 7) is 4.10. The Hall–Kier alpha value is -12.1. The number of pyridine rings is 3. The molecule has 0 aliphatic carbocycles. The average molecular weight is 1180 g/mol. The topological polar surface area (TPSA) is 226 Å². The van der Waals surface area contributed by atoms with Gasteiger partial charge in [0, 0.05) is 27.9 Å². The zero-order valence-electron chi connectivity index (χ0n) is 48.3. The molecule has 0 aliphatic rings. The number of para-hydroxylation sites is 3. The van der Waals surface area contributed by atoms with Crippen LogP contribution in [0.25, 0.3) is 89.2 Å². The molecule has 0 fully saturated rings. The molecule has 9 aromatic carbocycles. The number of hydrogen-bond acceptors (Lipinski definition) is 12. The Bertz CT molecular complexity index is 4610. The number of aromatic amines is 2. The number of benzene rings is 9. The summed E-state index contributed by atoms with van der Waals surface area (Å²) in [6.07, 6.45) is 0. The monoisotopic (exact) mass is 1180 g/mol. The summed E-state index contributed by atoms with van der Waals surface area (Å²) in [4.78, 5) is 13.8. The van der Waals surface area contributed by atoms with E-state index in [-0.39, 0.29) is 5.15 Å². The molecule has 0 bridgehead atoms. The molecule has 0 saturated heterocycles. The SMILES string of the molecule is Cc1cccc(-c2cc(-c3ccc(Oc4ccccc4)cc3)c(C#N)c(Cl)n2)c1.Cc1cccc(-c2cc(-c3ccc(Oc4ccccc4)cc3)c3c(N)[nH]nc3n2)c1.Nc1cccc(-c2cc(-c3ccc(Oc4ccccc4)cc3)c3c(N)[nH]nc3n2)c1. The van der Waals surface area contributed by atoms with Crippen LogP contribution in [0.15, 0.2) is 255 Å². The summed E-state index contributed by atoms with van der Waals surface area (Å²) >= 11 is 6.35. The van der Waals surface area contributed by atoms with Crippen molar-refractivity contribution >= 4 is 51.0 Å². The number of H-pyrrole nitrogens is 2. The Balaban J connectivity index is 0.000000130. The molecule has 0 unspecified atom stereocenters. The fourth-order valence-corrected chi connectivity index (χ4v) is 10.4. The van der Waals surface area contributed by atoms with Gasteiger partial charge in [0.2, 0.25) is 0 Å². The number of aromatic nitrogens is 7. The number of nitrogens with zero attached hydrogens (tertiary/aromatic N) is 6. The molecule has 0 radical (unpaired) electrons. The van der Waals surface area contributed by atoms with Crippen LogP contribution in [0, 0.1) is 25.2 Å². The lowest BCUT2D eigenvalue weighted by Gasteiger charge is -2.11. The van der Waals surface area contributed by atoms with Gasteiger partial charge in [-0.25, -0.2) is 15.0 Å². The molecule has 5 heterocycles. The Morgan fingerprint density at radius 2 is 0.719 bits per heavy atom. The first-order valence-corrected chi connectivity index (χ1v) is 28.8. The van der Waals surface area contributed by atoms with E-state index in [1.807, 2.05) is 237 Å². The zero-order valence-corrected chi connectivity index (χ0v) is 49.0. The van der Waals surface area contributed by atoms with Gasteiger partial charge in [-0.3, -0.25) is 10.2 Å². The van der Waals surface area contributed by atoms with E-state index in [0.717, 1.165) is 118 Å². The van der Waals surface area contributed by atoms with Crippen LogP contribution < -0.4 is 31.4 Å². The average Bonchev–Trinajstić information content (AvgIpc) is 1.97. The highest BCUT2D eigenvalue weighted by atomic mass is 35.5. The summed E-state index contributed by atoms with van der Waals surface area (Å²) in [6, 6.07) is 84.5. The van der Waals surface area contributed by atoms with E-state index in [2.05, 4.69) is 67.6 Å². The number of rotatable bonds is 12. The zero-order chi connectivity index (χ0) is 61.2. The van der Waals surface area contributed by atoms with Crippen LogP contribution in [0.5, 0.6) is 34.5 Å². The molecule has 0 atom stereocenters. The Kier molecular flexibility index (Phi) is 16.8. The molecule has 8 N–H and O–H groups in total. The lowest BCUT2D eigenvalue weighted by Crippen LogP contribution is -1.93. The fourth-order valence-electron chi connectivity index (χ4n) is 10.1. The second kappa shape index (κ2) is 26.1. The fraction of sp³-hybridized carbons (Fsp3) is 0.0270. The normalized spacial score (nSPS) is 10.8. The maximum absolute atomic E-state index is 9.62. The molecule has 14 aromatic rings. The smallest absolute Gasteiger partial charge is 0.184 e. The van der Waals surface area contributed by atoms with Crippen molar-refractivity contribution in [3.8, 4) is 108 Å². The molecule has 0 amide bonds. The van der Waals surface area contributed by atoms with Gasteiger partial charge in [-0.2, -0.15) is 15.5 Å². The van der Waals surface area contributed by atoms with Gasteiger partial charge in [0.25, 0.3) is 0 Å². The van der Waals surface area contributed by atoms with Gasteiger partial charge in [0.1, 0.15) is 57.4 Å². The second-order valence-corrected chi connectivity index (χ2v) is 21.2. The molecular formula is C74H56ClN11O3. The standard InChI is InChI=1S/C25H17ClN2O.C25H20N4O.C24H19N5O/c1-17-6-5-7-19(14-17)24-15-22(23(16-27)25(26)28-24)18-10-12-21(13-11-18)29-20-8-3-2-4-9-20;1-16-6-5-7-18(14-16)22-15-21(23-24(26)28-29-25(23)27-22)17-10-12-20(13-11-17)30-19-8-3-2-4-9-19;25-17-6-4-5-16(13-17)21-14-20(22-23(26)28-29-24(22)27-21)15-9-11-19(12-10-15)30-18-7-2-1-3-8-18/h2-15H,1H3;2-15H,1H3,(H3,26,27,28,29);1-14H,25H2,(H3,26,27,28,29). The molecule has 15 heteroatoms. The third-order valence-electron chi connectivity index (χ3n) is 14.4. The van der Waals surface area contributed by atoms with Gasteiger partial charge >= 0.3 is 0 Å². The first kappa shape index (κ1) is 57.4. The molecule has 432 valence electrons. The minimum Gasteiger partial charge on any atom is -0.457 e. The highest BCUT2D eigenvalue weighted by Gasteiger charge is 2.19. The van der Waals surface area contributed by atoms with E-state index in [9.17, 15) is 5.26 Å². The third-order valence-corrected chi connectivity index (χ3v) is 14.7. The van der Waals surface area contributed by atoms with Gasteiger partial charge < -0.3 is 31.4 Å². The van der Waals surface area contributed by atoms with Crippen molar-refractivity contribution in [2.24, 2.45) is 0 Å². The predicted octanol–water partition coefficient (Wildman–Crippen LogP) is 18.3. The first-order chi connectivity index (χ1) is 43.5. The number of ether oxygens (including phenoxy) is 3. The number of anilines is 3. The summed E-state index contributed by atoms with van der Waals surface area (Å²) in [7, 11) is 0. The van der Waals surface area contributed by atoms with Crippen LogP contribution >= 0.6 is 11.6 Å². The second-order valence-electron chi connectivity index (χ2n) is 20.8. The van der Waals surface area contributed by atoms with E-state index in [1.54, 1.807) is 0 Å². The van der Waals surface area contributed by atoms with Crippen LogP contribution in [0.2, 0.25) is 5.15 Å². The summed E-state index contributed by atoms with van der Waals surface area (Å²) in [5, 5.41) is 25.7. The van der Waals surface area contributed by atoms with E-state index in [4.69, 9.17) is 48.0 Å². The number of nitrogens with two attached hydrogens (primary N) is 3. The molecule has 89 heavy (non-hydrogen) atoms. The van der Waals surface area contributed by atoms with E-state index in [0.29, 0.717) is 34.2 Å². The predicted molar refractivity (Wildman–Crippen MR) is 357 cm³/mol. The van der Waals surface area contributed by atoms with Crippen LogP contribution in [0.3, 0.4) is 0 Å². The van der Waals surface area contributed by atoms with Crippen LogP contribution in [0.1, 0.15) is 16.7 Å². The Morgan fingerprint density at radius 1 is 0.371 bits per heavy atom. The molecule has 0 saturated carbocycles. The quantitative estimate of drug-likeness (QED) is 0.0569. The molecule has 0 aliphatic heterocycles. The van der Waals surface area contributed by atoms with Crippen LogP contribution in [0.4, 0.5) is 17.3 Å². The summed E-state index contributed by atoms with van der Waals surface area (Å²) < 4.78 is 17.7. The van der Waals surface area contributed by atoms with Crippen molar-refractivity contribution in [2.45, 2.75) is 13.8 Å². The van der Waals surface area contributed by atoms with Gasteiger partial charge in [-0.1, -0.05) is 162 Å². The van der Waals surface area contributed by atoms with Crippen molar-refractivity contribution < 1.29 is 14.2 Å². The lowest BCUT2D eigenvalue weighted by atomic mass is 9.98. The number of nitriles is 1. The summed E-state index contributed by atoms with van der Waals surface area (Å²) in [5.74, 6) is 5.60. The largest absolute Gasteiger partial charge is 0.457 e. The number of aryl methyl sites for hydroxylation is 2. The number of nitrogen functional groups attached to an aromatic ring is 3. The van der Waals surface area contributed by atoms with Gasteiger partial charge in [-0.05, 0) is 157 Å². The van der Waals surface area contributed by atoms with Crippen LogP contribution in [-0.2, 0) is 0 Å². The van der Waals surface area contributed by atoms with E-state index < -0.39 is 0 Å². The highest BCUT2D eigenvalue weighted by molar-refractivity contribution is 6.31. The molecular weight excluding hydrogens is 1130 g/mol. The highest BCUT2D eigenvalue weighted by Crippen LogP contribution is 2.39. The minimum absolute atomic E-state index is 0.200. The van der Waals surface area contributed by atoms with E-state index in [1.165, 1.54) is 5.56 Å². The van der Waals surface area contributed by atoms with Gasteiger partial charge in [0.05, 0.1) is 33.4 Å². The van der Waals surface area contributed by atoms with Crippen molar-refractivity contribution in [3.05, 3.63) is 277 Å². The van der Waals surface area contributed by atoms with Crippen LogP contribution in [-0.4, -0.2) is 35.3 Å². The first-order valence-electron chi connectivity index (χ1n) is 28.4. The minimum atomic E-state index is 0.200. The molecule has 14 nitrogen and oxygen atoms in total. The number of fused-ring (bicyclic) bond motifs is 2. The van der Waals surface area contributed by atoms with Crippen molar-refractivity contribution in [2.75, 3.05) is 17.2 Å². The third kappa shape index (κ3) is 13.4. The number of halogens is 1. The molecule has 0 spiro atoms. The van der Waals surface area contributed by atoms with Crippen molar-refractivity contribution in [3.63, 3.8) is 0 Å².